The molecule has 0 aliphatic heterocycles. The lowest BCUT2D eigenvalue weighted by Gasteiger charge is -2.06. The molecule has 1 aromatic carbocycles. The third-order valence-electron chi connectivity index (χ3n) is 1.90. The zero-order valence-electron chi connectivity index (χ0n) is 8.22. The van der Waals surface area contributed by atoms with Gasteiger partial charge in [-0.15, -0.1) is 0 Å². The molecule has 2 N–H and O–H groups in total. The molecule has 0 heterocycles. The summed E-state index contributed by atoms with van der Waals surface area (Å²) in [4.78, 5) is 11.4. The summed E-state index contributed by atoms with van der Waals surface area (Å²) in [6, 6.07) is 2.48. The van der Waals surface area contributed by atoms with Crippen LogP contribution in [0.2, 0.25) is 5.02 Å². The minimum Gasteiger partial charge on any atom is -0.492 e. The summed E-state index contributed by atoms with van der Waals surface area (Å²) >= 11 is 5.73. The third kappa shape index (κ3) is 2.67. The summed E-state index contributed by atoms with van der Waals surface area (Å²) in [6.45, 7) is 0.226. The van der Waals surface area contributed by atoms with Gasteiger partial charge in [0.05, 0.1) is 12.1 Å². The van der Waals surface area contributed by atoms with Crippen LogP contribution < -0.4 is 10.5 Å². The maximum atomic E-state index is 13.3. The maximum Gasteiger partial charge on any atom is 0.173 e. The smallest absolute Gasteiger partial charge is 0.173 e. The molecule has 0 saturated carbocycles. The second-order valence-corrected chi connectivity index (χ2v) is 3.34. The Morgan fingerprint density at radius 2 is 2.27 bits per heavy atom. The van der Waals surface area contributed by atoms with E-state index in [4.69, 9.17) is 22.1 Å². The van der Waals surface area contributed by atoms with E-state index in [1.807, 2.05) is 0 Å². The highest BCUT2D eigenvalue weighted by atomic mass is 35.5. The molecule has 15 heavy (non-hydrogen) atoms. The summed E-state index contributed by atoms with van der Waals surface area (Å²) in [7, 11) is 1.31. The van der Waals surface area contributed by atoms with Crippen LogP contribution in [0.3, 0.4) is 0 Å². The van der Waals surface area contributed by atoms with Crippen LogP contribution in [-0.4, -0.2) is 19.4 Å². The summed E-state index contributed by atoms with van der Waals surface area (Å²) in [5, 5.41) is 0.0814. The molecule has 5 heteroatoms. The minimum atomic E-state index is -0.648. The van der Waals surface area contributed by atoms with Crippen molar-refractivity contribution >= 4 is 17.4 Å². The molecule has 0 radical (unpaired) electrons. The molecule has 0 unspecified atom stereocenters. The van der Waals surface area contributed by atoms with Crippen molar-refractivity contribution in [2.45, 2.75) is 6.42 Å². The van der Waals surface area contributed by atoms with Crippen molar-refractivity contribution in [3.8, 4) is 5.75 Å². The van der Waals surface area contributed by atoms with E-state index in [1.165, 1.54) is 13.2 Å². The van der Waals surface area contributed by atoms with E-state index in [1.54, 1.807) is 0 Å². The van der Waals surface area contributed by atoms with Crippen LogP contribution in [0.4, 0.5) is 4.39 Å². The van der Waals surface area contributed by atoms with Crippen molar-refractivity contribution in [1.82, 2.24) is 0 Å². The summed E-state index contributed by atoms with van der Waals surface area (Å²) in [5.74, 6) is -0.938. The van der Waals surface area contributed by atoms with Crippen LogP contribution >= 0.6 is 11.6 Å². The quantitative estimate of drug-likeness (QED) is 0.807. The first-order chi connectivity index (χ1) is 7.10. The van der Waals surface area contributed by atoms with Gasteiger partial charge in [-0.3, -0.25) is 4.79 Å². The lowest BCUT2D eigenvalue weighted by Crippen LogP contribution is -2.08. The summed E-state index contributed by atoms with van der Waals surface area (Å²) in [6.07, 6.45) is 0.169. The standard InChI is InChI=1S/C10H11ClFNO2/c1-15-10-7(11)4-6(5-8(10)12)9(14)2-3-13/h4-5H,2-3,13H2,1H3. The fraction of sp³-hybridized carbons (Fsp3) is 0.300. The first-order valence-corrected chi connectivity index (χ1v) is 4.74. The van der Waals surface area contributed by atoms with Gasteiger partial charge in [-0.05, 0) is 18.7 Å². The molecule has 0 saturated heterocycles. The van der Waals surface area contributed by atoms with Crippen molar-refractivity contribution in [2.24, 2.45) is 5.73 Å². The van der Waals surface area contributed by atoms with Gasteiger partial charge in [0.1, 0.15) is 0 Å². The molecule has 3 nitrogen and oxygen atoms in total. The summed E-state index contributed by atoms with van der Waals surface area (Å²) in [5.41, 5.74) is 5.44. The second-order valence-electron chi connectivity index (χ2n) is 2.93. The Hall–Kier alpha value is -1.13. The van der Waals surface area contributed by atoms with Crippen molar-refractivity contribution < 1.29 is 13.9 Å². The molecule has 82 valence electrons. The van der Waals surface area contributed by atoms with Gasteiger partial charge in [-0.1, -0.05) is 11.6 Å². The van der Waals surface area contributed by atoms with E-state index in [0.717, 1.165) is 6.07 Å². The maximum absolute atomic E-state index is 13.3. The third-order valence-corrected chi connectivity index (χ3v) is 2.18. The van der Waals surface area contributed by atoms with Crippen molar-refractivity contribution in [1.29, 1.82) is 0 Å². The number of rotatable bonds is 4. The average molecular weight is 232 g/mol. The minimum absolute atomic E-state index is 0.0547. The second kappa shape index (κ2) is 5.09. The molecule has 0 aliphatic carbocycles. The largest absolute Gasteiger partial charge is 0.492 e. The number of hydrogen-bond donors (Lipinski definition) is 1. The highest BCUT2D eigenvalue weighted by Gasteiger charge is 2.13. The Morgan fingerprint density at radius 1 is 1.60 bits per heavy atom. The number of hydrogen-bond acceptors (Lipinski definition) is 3. The normalized spacial score (nSPS) is 10.1. The highest BCUT2D eigenvalue weighted by molar-refractivity contribution is 6.32. The number of carbonyl (C=O) groups excluding carboxylic acids is 1. The first kappa shape index (κ1) is 11.9. The number of ether oxygens (including phenoxy) is 1. The number of halogens is 2. The molecule has 0 aromatic heterocycles. The van der Waals surface area contributed by atoms with Crippen molar-refractivity contribution in [2.75, 3.05) is 13.7 Å². The van der Waals surface area contributed by atoms with E-state index in [9.17, 15) is 9.18 Å². The Balaban J connectivity index is 3.08. The van der Waals surface area contributed by atoms with Crippen LogP contribution in [0.5, 0.6) is 5.75 Å². The SMILES string of the molecule is COc1c(F)cc(C(=O)CCN)cc1Cl. The van der Waals surface area contributed by atoms with Crippen molar-refractivity contribution in [3.63, 3.8) is 0 Å². The fourth-order valence-electron chi connectivity index (χ4n) is 1.19. The molecular formula is C10H11ClFNO2. The van der Waals surface area contributed by atoms with Gasteiger partial charge >= 0.3 is 0 Å². The average Bonchev–Trinajstić information content (AvgIpc) is 2.17. The number of ketones is 1. The number of carbonyl (C=O) groups is 1. The lowest BCUT2D eigenvalue weighted by atomic mass is 10.1. The van der Waals surface area contributed by atoms with E-state index >= 15 is 0 Å². The fourth-order valence-corrected chi connectivity index (χ4v) is 1.48. The molecule has 0 atom stereocenters. The van der Waals surface area contributed by atoms with E-state index in [0.29, 0.717) is 0 Å². The predicted octanol–water partition coefficient (Wildman–Crippen LogP) is 2.02. The van der Waals surface area contributed by atoms with Crippen LogP contribution in [0, 0.1) is 5.82 Å². The van der Waals surface area contributed by atoms with Crippen LogP contribution in [0.1, 0.15) is 16.8 Å². The van der Waals surface area contributed by atoms with Gasteiger partial charge in [-0.25, -0.2) is 4.39 Å². The summed E-state index contributed by atoms with van der Waals surface area (Å²) < 4.78 is 18.0. The monoisotopic (exact) mass is 231 g/mol. The van der Waals surface area contributed by atoms with E-state index in [2.05, 4.69) is 0 Å². The Kier molecular flexibility index (Phi) is 4.05. The molecule has 0 fully saturated rings. The van der Waals surface area contributed by atoms with Crippen LogP contribution in [-0.2, 0) is 0 Å². The zero-order chi connectivity index (χ0) is 11.4. The Morgan fingerprint density at radius 3 is 2.73 bits per heavy atom. The highest BCUT2D eigenvalue weighted by Crippen LogP contribution is 2.29. The van der Waals surface area contributed by atoms with Crippen molar-refractivity contribution in [3.05, 3.63) is 28.5 Å². The molecule has 0 aliphatic rings. The molecule has 0 bridgehead atoms. The van der Waals surface area contributed by atoms with Gasteiger partial charge in [0.25, 0.3) is 0 Å². The van der Waals surface area contributed by atoms with E-state index in [-0.39, 0.29) is 35.1 Å². The Bertz CT molecular complexity index is 359. The van der Waals surface area contributed by atoms with Gasteiger partial charge in [0.2, 0.25) is 0 Å². The van der Waals surface area contributed by atoms with Crippen LogP contribution in [0.15, 0.2) is 12.1 Å². The molecular weight excluding hydrogens is 221 g/mol. The number of benzene rings is 1. The molecule has 0 amide bonds. The number of nitrogens with two attached hydrogens (primary N) is 1. The topological polar surface area (TPSA) is 52.3 Å². The number of Topliss-reactive ketones (excluding diaryl/α,β-unsaturated/α-hetero) is 1. The Labute approximate surface area is 92.0 Å². The number of methoxy groups -OCH3 is 1. The van der Waals surface area contributed by atoms with Gasteiger partial charge in [0, 0.05) is 12.0 Å². The van der Waals surface area contributed by atoms with Gasteiger partial charge < -0.3 is 10.5 Å². The lowest BCUT2D eigenvalue weighted by molar-refractivity contribution is 0.0985. The van der Waals surface area contributed by atoms with Gasteiger partial charge in [0.15, 0.2) is 17.3 Å². The predicted molar refractivity (Wildman–Crippen MR) is 56.0 cm³/mol. The van der Waals surface area contributed by atoms with E-state index < -0.39 is 5.82 Å². The molecule has 1 rings (SSSR count). The van der Waals surface area contributed by atoms with Crippen LogP contribution in [0.25, 0.3) is 0 Å². The zero-order valence-corrected chi connectivity index (χ0v) is 8.97. The first-order valence-electron chi connectivity index (χ1n) is 4.36. The molecule has 1 aromatic rings. The molecule has 0 spiro atoms. The van der Waals surface area contributed by atoms with Gasteiger partial charge in [-0.2, -0.15) is 0 Å².